The SMILES string of the molecule is CCNC(=O)C(CC)N(Cc1cccc(C)c1)C(=O)CN(c1ccc(F)c(Cl)c1)S(C)(=O)=O. The van der Waals surface area contributed by atoms with Gasteiger partial charge in [0.05, 0.1) is 17.0 Å². The van der Waals surface area contributed by atoms with Gasteiger partial charge in [0.2, 0.25) is 21.8 Å². The topological polar surface area (TPSA) is 86.8 Å². The van der Waals surface area contributed by atoms with Crippen molar-refractivity contribution >= 4 is 39.1 Å². The lowest BCUT2D eigenvalue weighted by Gasteiger charge is -2.33. The molecule has 0 bridgehead atoms. The quantitative estimate of drug-likeness (QED) is 0.544. The predicted molar refractivity (Wildman–Crippen MR) is 128 cm³/mol. The Morgan fingerprint density at radius 2 is 1.85 bits per heavy atom. The minimum Gasteiger partial charge on any atom is -0.355 e. The maximum absolute atomic E-state index is 13.6. The number of rotatable bonds is 10. The summed E-state index contributed by atoms with van der Waals surface area (Å²) in [6.07, 6.45) is 1.29. The zero-order valence-electron chi connectivity index (χ0n) is 19.1. The van der Waals surface area contributed by atoms with Crippen molar-refractivity contribution < 1.29 is 22.4 Å². The summed E-state index contributed by atoms with van der Waals surface area (Å²) in [5.74, 6) is -1.60. The van der Waals surface area contributed by atoms with Crippen LogP contribution in [0.2, 0.25) is 5.02 Å². The molecule has 0 saturated heterocycles. The summed E-state index contributed by atoms with van der Waals surface area (Å²) in [5.41, 5.74) is 1.85. The van der Waals surface area contributed by atoms with E-state index < -0.39 is 34.3 Å². The van der Waals surface area contributed by atoms with Crippen molar-refractivity contribution in [3.8, 4) is 0 Å². The van der Waals surface area contributed by atoms with Crippen molar-refractivity contribution in [3.05, 3.63) is 64.4 Å². The van der Waals surface area contributed by atoms with Crippen molar-refractivity contribution in [1.29, 1.82) is 0 Å². The molecule has 0 saturated carbocycles. The average molecular weight is 498 g/mol. The molecule has 180 valence electrons. The van der Waals surface area contributed by atoms with Gasteiger partial charge in [-0.05, 0) is 44.0 Å². The van der Waals surface area contributed by atoms with Crippen LogP contribution in [-0.4, -0.2) is 50.5 Å². The molecule has 0 aromatic heterocycles. The molecule has 0 fully saturated rings. The van der Waals surface area contributed by atoms with Gasteiger partial charge in [-0.2, -0.15) is 0 Å². The van der Waals surface area contributed by atoms with E-state index in [0.29, 0.717) is 13.0 Å². The third kappa shape index (κ3) is 7.17. The minimum atomic E-state index is -3.91. The highest BCUT2D eigenvalue weighted by atomic mass is 35.5. The lowest BCUT2D eigenvalue weighted by Crippen LogP contribution is -2.52. The monoisotopic (exact) mass is 497 g/mol. The molecule has 7 nitrogen and oxygen atoms in total. The molecular weight excluding hydrogens is 469 g/mol. The molecule has 0 aliphatic rings. The normalized spacial score (nSPS) is 12.2. The van der Waals surface area contributed by atoms with Crippen LogP contribution in [0.15, 0.2) is 42.5 Å². The predicted octanol–water partition coefficient (Wildman–Crippen LogP) is 3.50. The van der Waals surface area contributed by atoms with Gasteiger partial charge in [-0.1, -0.05) is 48.4 Å². The summed E-state index contributed by atoms with van der Waals surface area (Å²) in [6, 6.07) is 10.1. The standard InChI is InChI=1S/C23H29ClFN3O4S/c1-5-21(23(30)26-6-2)27(14-17-9-7-8-16(3)12-17)22(29)15-28(33(4,31)32)18-10-11-20(25)19(24)13-18/h7-13,21H,5-6,14-15H2,1-4H3,(H,26,30). The van der Waals surface area contributed by atoms with Gasteiger partial charge in [0.15, 0.2) is 0 Å². The summed E-state index contributed by atoms with van der Waals surface area (Å²) < 4.78 is 39.5. The van der Waals surface area contributed by atoms with E-state index >= 15 is 0 Å². The Balaban J connectivity index is 2.45. The fourth-order valence-corrected chi connectivity index (χ4v) is 4.49. The first-order chi connectivity index (χ1) is 15.5. The van der Waals surface area contributed by atoms with Gasteiger partial charge in [0.1, 0.15) is 18.4 Å². The molecule has 10 heteroatoms. The van der Waals surface area contributed by atoms with E-state index in [-0.39, 0.29) is 23.2 Å². The highest BCUT2D eigenvalue weighted by Gasteiger charge is 2.31. The van der Waals surface area contributed by atoms with E-state index in [1.54, 1.807) is 13.8 Å². The molecule has 0 aliphatic carbocycles. The number of benzene rings is 2. The summed E-state index contributed by atoms with van der Waals surface area (Å²) in [4.78, 5) is 27.6. The lowest BCUT2D eigenvalue weighted by atomic mass is 10.1. The van der Waals surface area contributed by atoms with Crippen LogP contribution in [0.5, 0.6) is 0 Å². The summed E-state index contributed by atoms with van der Waals surface area (Å²) in [5, 5.41) is 2.47. The number of carbonyl (C=O) groups excluding carboxylic acids is 2. The van der Waals surface area contributed by atoms with Crippen LogP contribution in [0.3, 0.4) is 0 Å². The average Bonchev–Trinajstić information content (AvgIpc) is 2.73. The van der Waals surface area contributed by atoms with Gasteiger partial charge in [0, 0.05) is 13.1 Å². The molecule has 0 spiro atoms. The second kappa shape index (κ2) is 11.5. The van der Waals surface area contributed by atoms with Crippen LogP contribution in [0, 0.1) is 12.7 Å². The number of sulfonamides is 1. The molecule has 2 rings (SSSR count). The number of nitrogens with zero attached hydrogens (tertiary/aromatic N) is 2. The molecule has 1 atom stereocenters. The number of aryl methyl sites for hydroxylation is 1. The second-order valence-corrected chi connectivity index (χ2v) is 10.0. The molecule has 0 heterocycles. The Morgan fingerprint density at radius 1 is 1.15 bits per heavy atom. The zero-order valence-corrected chi connectivity index (χ0v) is 20.7. The first kappa shape index (κ1) is 26.6. The van der Waals surface area contributed by atoms with Crippen molar-refractivity contribution in [2.75, 3.05) is 23.7 Å². The molecule has 2 amide bonds. The van der Waals surface area contributed by atoms with Crippen molar-refractivity contribution in [2.24, 2.45) is 0 Å². The van der Waals surface area contributed by atoms with Crippen LogP contribution in [0.1, 0.15) is 31.4 Å². The van der Waals surface area contributed by atoms with E-state index in [2.05, 4.69) is 5.32 Å². The number of carbonyl (C=O) groups is 2. The summed E-state index contributed by atoms with van der Waals surface area (Å²) >= 11 is 5.83. The maximum atomic E-state index is 13.6. The van der Waals surface area contributed by atoms with Gasteiger partial charge >= 0.3 is 0 Å². The Labute approximate surface area is 199 Å². The van der Waals surface area contributed by atoms with E-state index in [9.17, 15) is 22.4 Å². The smallest absolute Gasteiger partial charge is 0.244 e. The maximum Gasteiger partial charge on any atom is 0.244 e. The van der Waals surface area contributed by atoms with Gasteiger partial charge in [-0.25, -0.2) is 12.8 Å². The molecule has 2 aromatic rings. The van der Waals surface area contributed by atoms with E-state index in [0.717, 1.165) is 33.8 Å². The number of likely N-dealkylation sites (N-methyl/N-ethyl adjacent to an activating group) is 1. The van der Waals surface area contributed by atoms with Crippen LogP contribution in [0.4, 0.5) is 10.1 Å². The molecule has 0 radical (unpaired) electrons. The zero-order chi connectivity index (χ0) is 24.8. The van der Waals surface area contributed by atoms with Gasteiger partial charge in [-0.3, -0.25) is 13.9 Å². The number of nitrogens with one attached hydrogen (secondary N) is 1. The van der Waals surface area contributed by atoms with Crippen LogP contribution < -0.4 is 9.62 Å². The van der Waals surface area contributed by atoms with Crippen molar-refractivity contribution in [2.45, 2.75) is 39.8 Å². The van der Waals surface area contributed by atoms with E-state index in [1.807, 2.05) is 31.2 Å². The molecule has 1 N–H and O–H groups in total. The molecular formula is C23H29ClFN3O4S. The Morgan fingerprint density at radius 3 is 2.39 bits per heavy atom. The first-order valence-corrected chi connectivity index (χ1v) is 12.8. The number of amides is 2. The largest absolute Gasteiger partial charge is 0.355 e. The van der Waals surface area contributed by atoms with Gasteiger partial charge < -0.3 is 10.2 Å². The van der Waals surface area contributed by atoms with Crippen LogP contribution >= 0.6 is 11.6 Å². The fraction of sp³-hybridized carbons (Fsp3) is 0.391. The highest BCUT2D eigenvalue weighted by Crippen LogP contribution is 2.25. The van der Waals surface area contributed by atoms with Gasteiger partial charge in [0.25, 0.3) is 0 Å². The van der Waals surface area contributed by atoms with Crippen molar-refractivity contribution in [1.82, 2.24) is 10.2 Å². The number of hydrogen-bond acceptors (Lipinski definition) is 4. The van der Waals surface area contributed by atoms with Crippen LogP contribution in [-0.2, 0) is 26.2 Å². The number of halogens is 2. The summed E-state index contributed by atoms with van der Waals surface area (Å²) in [6.45, 7) is 5.43. The van der Waals surface area contributed by atoms with Gasteiger partial charge in [-0.15, -0.1) is 0 Å². The van der Waals surface area contributed by atoms with E-state index in [1.165, 1.54) is 11.0 Å². The molecule has 2 aromatic carbocycles. The molecule has 0 aliphatic heterocycles. The third-order valence-electron chi connectivity index (χ3n) is 5.04. The molecule has 33 heavy (non-hydrogen) atoms. The van der Waals surface area contributed by atoms with Crippen molar-refractivity contribution in [3.63, 3.8) is 0 Å². The number of anilines is 1. The Hall–Kier alpha value is -2.65. The summed E-state index contributed by atoms with van der Waals surface area (Å²) in [7, 11) is -3.91. The van der Waals surface area contributed by atoms with E-state index in [4.69, 9.17) is 11.6 Å². The Kier molecular flexibility index (Phi) is 9.25. The number of hydrogen-bond donors (Lipinski definition) is 1. The third-order valence-corrected chi connectivity index (χ3v) is 6.47. The fourth-order valence-electron chi connectivity index (χ4n) is 3.47. The highest BCUT2D eigenvalue weighted by molar-refractivity contribution is 7.92. The molecule has 1 unspecified atom stereocenters. The first-order valence-electron chi connectivity index (χ1n) is 10.5. The lowest BCUT2D eigenvalue weighted by molar-refractivity contribution is -0.140. The minimum absolute atomic E-state index is 0.0545. The van der Waals surface area contributed by atoms with Crippen LogP contribution in [0.25, 0.3) is 0 Å². The Bertz CT molecular complexity index is 1110. The second-order valence-electron chi connectivity index (χ2n) is 7.70.